The van der Waals surface area contributed by atoms with Gasteiger partial charge in [-0.05, 0) is 42.5 Å². The molecule has 1 aromatic heterocycles. The molecule has 0 bridgehead atoms. The van der Waals surface area contributed by atoms with Crippen LogP contribution in [0.3, 0.4) is 0 Å². The minimum Gasteiger partial charge on any atom is -0.497 e. The average molecular weight is 364 g/mol. The number of hydrogen-bond donors (Lipinski definition) is 1. The molecule has 1 fully saturated rings. The van der Waals surface area contributed by atoms with Gasteiger partial charge in [0.15, 0.2) is 0 Å². The number of benzene rings is 2. The van der Waals surface area contributed by atoms with E-state index >= 15 is 0 Å². The van der Waals surface area contributed by atoms with Crippen LogP contribution in [-0.4, -0.2) is 49.3 Å². The van der Waals surface area contributed by atoms with Gasteiger partial charge < -0.3 is 19.7 Å². The zero-order chi connectivity index (χ0) is 18.6. The van der Waals surface area contributed by atoms with Crippen LogP contribution in [0, 0.1) is 0 Å². The lowest BCUT2D eigenvalue weighted by atomic mass is 10.1. The summed E-state index contributed by atoms with van der Waals surface area (Å²) in [7, 11) is 1.59. The topological polar surface area (TPSA) is 76.6 Å². The predicted molar refractivity (Wildman–Crippen MR) is 104 cm³/mol. The maximum absolute atomic E-state index is 12.5. The van der Waals surface area contributed by atoms with Gasteiger partial charge in [0.25, 0.3) is 5.91 Å². The molecule has 138 valence electrons. The third kappa shape index (κ3) is 3.68. The molecule has 0 saturated carbocycles. The zero-order valence-electron chi connectivity index (χ0n) is 15.0. The number of carbonyl (C=O) groups is 1. The van der Waals surface area contributed by atoms with Crippen LogP contribution < -0.4 is 15.0 Å². The Labute approximate surface area is 156 Å². The highest BCUT2D eigenvalue weighted by Crippen LogP contribution is 2.26. The largest absolute Gasteiger partial charge is 0.497 e. The summed E-state index contributed by atoms with van der Waals surface area (Å²) in [6, 6.07) is 12.7. The van der Waals surface area contributed by atoms with Gasteiger partial charge in [0.2, 0.25) is 0 Å². The van der Waals surface area contributed by atoms with E-state index in [2.05, 4.69) is 20.2 Å². The summed E-state index contributed by atoms with van der Waals surface area (Å²) in [6.07, 6.45) is 1.56. The van der Waals surface area contributed by atoms with E-state index in [4.69, 9.17) is 9.47 Å². The first-order valence-electron chi connectivity index (χ1n) is 8.77. The third-order valence-electron chi connectivity index (χ3n) is 4.54. The van der Waals surface area contributed by atoms with E-state index < -0.39 is 0 Å². The molecule has 0 unspecified atom stereocenters. The molecule has 0 radical (unpaired) electrons. The Hall–Kier alpha value is -3.19. The van der Waals surface area contributed by atoms with Gasteiger partial charge in [0.1, 0.15) is 17.9 Å². The lowest BCUT2D eigenvalue weighted by Gasteiger charge is -2.28. The summed E-state index contributed by atoms with van der Waals surface area (Å²) < 4.78 is 10.5. The SMILES string of the molecule is COc1ccc(C(=O)Nc2ccc3c(N4CCOCC4)ncnc3c2)cc1. The molecule has 7 heteroatoms. The summed E-state index contributed by atoms with van der Waals surface area (Å²) in [5.41, 5.74) is 2.04. The van der Waals surface area contributed by atoms with Crippen LogP contribution in [0.25, 0.3) is 10.9 Å². The standard InChI is InChI=1S/C20H20N4O3/c1-26-16-5-2-14(3-6-16)20(25)23-15-4-7-17-18(12-15)21-13-22-19(17)24-8-10-27-11-9-24/h2-7,12-13H,8-11H2,1H3,(H,23,25). The van der Waals surface area contributed by atoms with E-state index in [-0.39, 0.29) is 5.91 Å². The summed E-state index contributed by atoms with van der Waals surface area (Å²) >= 11 is 0. The second-order valence-corrected chi connectivity index (χ2v) is 6.21. The Balaban J connectivity index is 1.57. The fourth-order valence-electron chi connectivity index (χ4n) is 3.09. The third-order valence-corrected chi connectivity index (χ3v) is 4.54. The summed E-state index contributed by atoms with van der Waals surface area (Å²) in [4.78, 5) is 23.5. The van der Waals surface area contributed by atoms with Crippen LogP contribution in [0.15, 0.2) is 48.8 Å². The van der Waals surface area contributed by atoms with Gasteiger partial charge in [0.05, 0.1) is 25.8 Å². The lowest BCUT2D eigenvalue weighted by Crippen LogP contribution is -2.36. The van der Waals surface area contributed by atoms with Crippen molar-refractivity contribution >= 4 is 28.3 Å². The molecule has 7 nitrogen and oxygen atoms in total. The molecule has 1 N–H and O–H groups in total. The van der Waals surface area contributed by atoms with Gasteiger partial charge in [-0.2, -0.15) is 0 Å². The second kappa shape index (κ2) is 7.59. The van der Waals surface area contributed by atoms with Gasteiger partial charge in [-0.15, -0.1) is 0 Å². The van der Waals surface area contributed by atoms with E-state index in [0.717, 1.165) is 29.8 Å². The van der Waals surface area contributed by atoms with Crippen molar-refractivity contribution in [3.05, 3.63) is 54.4 Å². The van der Waals surface area contributed by atoms with E-state index in [1.807, 2.05) is 18.2 Å². The molecule has 0 aliphatic carbocycles. The fourth-order valence-corrected chi connectivity index (χ4v) is 3.09. The van der Waals surface area contributed by atoms with Crippen molar-refractivity contribution in [2.75, 3.05) is 43.6 Å². The lowest BCUT2D eigenvalue weighted by molar-refractivity contribution is 0.102. The van der Waals surface area contributed by atoms with Crippen LogP contribution in [0.5, 0.6) is 5.75 Å². The number of aromatic nitrogens is 2. The Morgan fingerprint density at radius 3 is 2.63 bits per heavy atom. The van der Waals surface area contributed by atoms with Crippen molar-refractivity contribution < 1.29 is 14.3 Å². The van der Waals surface area contributed by atoms with E-state index in [9.17, 15) is 4.79 Å². The van der Waals surface area contributed by atoms with E-state index in [1.54, 1.807) is 37.7 Å². The molecular weight excluding hydrogens is 344 g/mol. The molecule has 0 atom stereocenters. The van der Waals surface area contributed by atoms with E-state index in [0.29, 0.717) is 30.2 Å². The quantitative estimate of drug-likeness (QED) is 0.767. The molecule has 1 aliphatic heterocycles. The highest BCUT2D eigenvalue weighted by atomic mass is 16.5. The second-order valence-electron chi connectivity index (χ2n) is 6.21. The van der Waals surface area contributed by atoms with Crippen molar-refractivity contribution in [3.8, 4) is 5.75 Å². The molecule has 3 aromatic rings. The normalized spacial score (nSPS) is 14.2. The molecule has 1 amide bonds. The number of amides is 1. The summed E-state index contributed by atoms with van der Waals surface area (Å²) in [5.74, 6) is 1.43. The predicted octanol–water partition coefficient (Wildman–Crippen LogP) is 2.73. The fraction of sp³-hybridized carbons (Fsp3) is 0.250. The van der Waals surface area contributed by atoms with Crippen molar-refractivity contribution in [2.45, 2.75) is 0 Å². The number of nitrogens with one attached hydrogen (secondary N) is 1. The highest BCUT2D eigenvalue weighted by Gasteiger charge is 2.16. The smallest absolute Gasteiger partial charge is 0.255 e. The molecule has 2 heterocycles. The zero-order valence-corrected chi connectivity index (χ0v) is 15.0. The van der Waals surface area contributed by atoms with Crippen LogP contribution in [0.2, 0.25) is 0 Å². The van der Waals surface area contributed by atoms with Crippen molar-refractivity contribution in [3.63, 3.8) is 0 Å². The Morgan fingerprint density at radius 2 is 1.89 bits per heavy atom. The Morgan fingerprint density at radius 1 is 1.11 bits per heavy atom. The van der Waals surface area contributed by atoms with Gasteiger partial charge in [0, 0.05) is 29.7 Å². The van der Waals surface area contributed by atoms with Gasteiger partial charge in [-0.1, -0.05) is 0 Å². The average Bonchev–Trinajstić information content (AvgIpc) is 2.74. The minimum atomic E-state index is -0.181. The first kappa shape index (κ1) is 17.2. The number of rotatable bonds is 4. The van der Waals surface area contributed by atoms with Crippen molar-refractivity contribution in [1.29, 1.82) is 0 Å². The Kier molecular flexibility index (Phi) is 4.84. The van der Waals surface area contributed by atoms with E-state index in [1.165, 1.54) is 0 Å². The highest BCUT2D eigenvalue weighted by molar-refractivity contribution is 6.05. The summed E-state index contributed by atoms with van der Waals surface area (Å²) in [6.45, 7) is 3.01. The molecule has 1 saturated heterocycles. The summed E-state index contributed by atoms with van der Waals surface area (Å²) in [5, 5.41) is 3.87. The van der Waals surface area contributed by atoms with Crippen molar-refractivity contribution in [1.82, 2.24) is 9.97 Å². The van der Waals surface area contributed by atoms with Crippen LogP contribution in [0.1, 0.15) is 10.4 Å². The number of morpholine rings is 1. The molecule has 4 rings (SSSR count). The maximum Gasteiger partial charge on any atom is 0.255 e. The number of anilines is 2. The minimum absolute atomic E-state index is 0.181. The van der Waals surface area contributed by atoms with Gasteiger partial charge >= 0.3 is 0 Å². The first-order chi connectivity index (χ1) is 13.2. The Bertz CT molecular complexity index is 953. The van der Waals surface area contributed by atoms with Crippen molar-refractivity contribution in [2.24, 2.45) is 0 Å². The molecule has 0 spiro atoms. The number of nitrogens with zero attached hydrogens (tertiary/aromatic N) is 3. The van der Waals surface area contributed by atoms with Crippen LogP contribution in [-0.2, 0) is 4.74 Å². The monoisotopic (exact) mass is 364 g/mol. The molecule has 2 aromatic carbocycles. The number of methoxy groups -OCH3 is 1. The number of carbonyl (C=O) groups excluding carboxylic acids is 1. The number of fused-ring (bicyclic) bond motifs is 1. The number of hydrogen-bond acceptors (Lipinski definition) is 6. The number of ether oxygens (including phenoxy) is 2. The molecule has 27 heavy (non-hydrogen) atoms. The maximum atomic E-state index is 12.5. The molecular formula is C20H20N4O3. The first-order valence-corrected chi connectivity index (χ1v) is 8.77. The van der Waals surface area contributed by atoms with Crippen LogP contribution in [0.4, 0.5) is 11.5 Å². The van der Waals surface area contributed by atoms with Crippen LogP contribution >= 0.6 is 0 Å². The van der Waals surface area contributed by atoms with Gasteiger partial charge in [-0.25, -0.2) is 9.97 Å². The molecule has 1 aliphatic rings. The van der Waals surface area contributed by atoms with Gasteiger partial charge in [-0.3, -0.25) is 4.79 Å².